The summed E-state index contributed by atoms with van der Waals surface area (Å²) in [6, 6.07) is 7.24. The fourth-order valence-electron chi connectivity index (χ4n) is 2.19. The topological polar surface area (TPSA) is 72.6 Å². The van der Waals surface area contributed by atoms with E-state index in [0.717, 1.165) is 24.9 Å². The van der Waals surface area contributed by atoms with Gasteiger partial charge >= 0.3 is 0 Å². The average Bonchev–Trinajstić information content (AvgIpc) is 2.61. The number of anilines is 1. The highest BCUT2D eigenvalue weighted by molar-refractivity contribution is 5.95. The molecule has 1 aliphatic heterocycles. The van der Waals surface area contributed by atoms with E-state index in [2.05, 4.69) is 0 Å². The Kier molecular flexibility index (Phi) is 4.39. The Morgan fingerprint density at radius 3 is 2.84 bits per heavy atom. The quantitative estimate of drug-likeness (QED) is 0.892. The molecule has 19 heavy (non-hydrogen) atoms. The fourth-order valence-corrected chi connectivity index (χ4v) is 2.19. The SMILES string of the molecule is NC(=O)COc1ccccc1N1CCCCCC1=O. The van der Waals surface area contributed by atoms with Crippen LogP contribution in [-0.4, -0.2) is 25.0 Å². The molecule has 1 heterocycles. The minimum Gasteiger partial charge on any atom is -0.482 e. The largest absolute Gasteiger partial charge is 0.482 e. The maximum atomic E-state index is 12.1. The highest BCUT2D eigenvalue weighted by Gasteiger charge is 2.21. The summed E-state index contributed by atoms with van der Waals surface area (Å²) in [7, 11) is 0. The number of para-hydroxylation sites is 2. The number of carbonyl (C=O) groups excluding carboxylic acids is 2. The van der Waals surface area contributed by atoms with Crippen molar-refractivity contribution in [2.45, 2.75) is 25.7 Å². The Morgan fingerprint density at radius 2 is 2.05 bits per heavy atom. The van der Waals surface area contributed by atoms with Crippen LogP contribution in [0, 0.1) is 0 Å². The van der Waals surface area contributed by atoms with Gasteiger partial charge in [-0.25, -0.2) is 0 Å². The second kappa shape index (κ2) is 6.22. The van der Waals surface area contributed by atoms with Crippen molar-refractivity contribution >= 4 is 17.5 Å². The van der Waals surface area contributed by atoms with Crippen LogP contribution in [0.3, 0.4) is 0 Å². The van der Waals surface area contributed by atoms with E-state index in [9.17, 15) is 9.59 Å². The van der Waals surface area contributed by atoms with Gasteiger partial charge in [-0.05, 0) is 25.0 Å². The molecule has 102 valence electrons. The summed E-state index contributed by atoms with van der Waals surface area (Å²) < 4.78 is 5.37. The Bertz CT molecular complexity index is 474. The van der Waals surface area contributed by atoms with Crippen molar-refractivity contribution in [1.29, 1.82) is 0 Å². The van der Waals surface area contributed by atoms with Crippen LogP contribution in [0.4, 0.5) is 5.69 Å². The van der Waals surface area contributed by atoms with Crippen molar-refractivity contribution in [3.8, 4) is 5.75 Å². The number of amides is 2. The van der Waals surface area contributed by atoms with Gasteiger partial charge in [0.25, 0.3) is 5.91 Å². The van der Waals surface area contributed by atoms with Crippen LogP contribution in [0.5, 0.6) is 5.75 Å². The number of nitrogens with two attached hydrogens (primary N) is 1. The van der Waals surface area contributed by atoms with Gasteiger partial charge in [-0.2, -0.15) is 0 Å². The van der Waals surface area contributed by atoms with Gasteiger partial charge in [0, 0.05) is 13.0 Å². The Labute approximate surface area is 112 Å². The third-order valence-corrected chi connectivity index (χ3v) is 3.10. The molecule has 0 aromatic heterocycles. The normalized spacial score (nSPS) is 16.0. The Balaban J connectivity index is 2.22. The van der Waals surface area contributed by atoms with Crippen molar-refractivity contribution < 1.29 is 14.3 Å². The van der Waals surface area contributed by atoms with Crippen LogP contribution < -0.4 is 15.4 Å². The molecule has 2 amide bonds. The first-order valence-corrected chi connectivity index (χ1v) is 6.49. The van der Waals surface area contributed by atoms with Crippen LogP contribution in [0.1, 0.15) is 25.7 Å². The van der Waals surface area contributed by atoms with E-state index < -0.39 is 5.91 Å². The van der Waals surface area contributed by atoms with Crippen molar-refractivity contribution in [2.24, 2.45) is 5.73 Å². The zero-order chi connectivity index (χ0) is 13.7. The first-order valence-electron chi connectivity index (χ1n) is 6.49. The van der Waals surface area contributed by atoms with Crippen LogP contribution >= 0.6 is 0 Å². The van der Waals surface area contributed by atoms with E-state index in [1.54, 1.807) is 11.0 Å². The van der Waals surface area contributed by atoms with Crippen molar-refractivity contribution in [3.63, 3.8) is 0 Å². The summed E-state index contributed by atoms with van der Waals surface area (Å²) in [5, 5.41) is 0. The monoisotopic (exact) mass is 262 g/mol. The van der Waals surface area contributed by atoms with Gasteiger partial charge in [0.15, 0.2) is 6.61 Å². The Hall–Kier alpha value is -2.04. The molecular weight excluding hydrogens is 244 g/mol. The zero-order valence-electron chi connectivity index (χ0n) is 10.8. The lowest BCUT2D eigenvalue weighted by atomic mass is 10.2. The third-order valence-electron chi connectivity index (χ3n) is 3.10. The maximum absolute atomic E-state index is 12.1. The van der Waals surface area contributed by atoms with E-state index in [4.69, 9.17) is 10.5 Å². The third kappa shape index (κ3) is 3.47. The molecule has 5 nitrogen and oxygen atoms in total. The maximum Gasteiger partial charge on any atom is 0.255 e. The van der Waals surface area contributed by atoms with Crippen molar-refractivity contribution in [3.05, 3.63) is 24.3 Å². The molecular formula is C14H18N2O3. The smallest absolute Gasteiger partial charge is 0.255 e. The number of nitrogens with zero attached hydrogens (tertiary/aromatic N) is 1. The molecule has 0 radical (unpaired) electrons. The van der Waals surface area contributed by atoms with Crippen molar-refractivity contribution in [2.75, 3.05) is 18.1 Å². The summed E-state index contributed by atoms with van der Waals surface area (Å²) in [6.45, 7) is 0.509. The molecule has 0 aliphatic carbocycles. The number of benzene rings is 1. The van der Waals surface area contributed by atoms with Crippen molar-refractivity contribution in [1.82, 2.24) is 0 Å². The molecule has 1 aromatic rings. The van der Waals surface area contributed by atoms with E-state index >= 15 is 0 Å². The van der Waals surface area contributed by atoms with Crippen LogP contribution in [0.2, 0.25) is 0 Å². The van der Waals surface area contributed by atoms with Gasteiger partial charge in [-0.1, -0.05) is 18.6 Å². The summed E-state index contributed by atoms with van der Waals surface area (Å²) in [4.78, 5) is 24.6. The molecule has 0 saturated carbocycles. The molecule has 0 bridgehead atoms. The summed E-state index contributed by atoms with van der Waals surface area (Å²) in [5.41, 5.74) is 5.79. The van der Waals surface area contributed by atoms with E-state index in [-0.39, 0.29) is 12.5 Å². The number of carbonyl (C=O) groups is 2. The number of hydrogen-bond donors (Lipinski definition) is 1. The molecule has 0 unspecified atom stereocenters. The highest BCUT2D eigenvalue weighted by Crippen LogP contribution is 2.30. The molecule has 1 aromatic carbocycles. The van der Waals surface area contributed by atoms with Gasteiger partial charge < -0.3 is 15.4 Å². The van der Waals surface area contributed by atoms with Crippen LogP contribution in [0.15, 0.2) is 24.3 Å². The zero-order valence-corrected chi connectivity index (χ0v) is 10.8. The van der Waals surface area contributed by atoms with E-state index in [1.165, 1.54) is 0 Å². The van der Waals surface area contributed by atoms with Gasteiger partial charge in [-0.15, -0.1) is 0 Å². The summed E-state index contributed by atoms with van der Waals surface area (Å²) in [5.74, 6) is 0.0983. The second-order valence-electron chi connectivity index (χ2n) is 4.58. The number of primary amides is 1. The lowest BCUT2D eigenvalue weighted by molar-refractivity contribution is -0.120. The standard InChI is InChI=1S/C14H18N2O3/c15-13(17)10-19-12-7-4-3-6-11(12)16-9-5-1-2-8-14(16)18/h3-4,6-7H,1-2,5,8-10H2,(H2,15,17). The predicted molar refractivity (Wildman–Crippen MR) is 72.0 cm³/mol. The molecule has 5 heteroatoms. The van der Waals surface area contributed by atoms with Crippen LogP contribution in [-0.2, 0) is 9.59 Å². The predicted octanol–water partition coefficient (Wildman–Crippen LogP) is 1.46. The summed E-state index contributed by atoms with van der Waals surface area (Å²) >= 11 is 0. The first kappa shape index (κ1) is 13.4. The molecule has 2 rings (SSSR count). The molecule has 0 atom stereocenters. The van der Waals surface area contributed by atoms with E-state index in [1.807, 2.05) is 18.2 Å². The molecule has 1 fully saturated rings. The molecule has 0 spiro atoms. The van der Waals surface area contributed by atoms with Gasteiger partial charge in [0.1, 0.15) is 5.75 Å². The number of ether oxygens (including phenoxy) is 1. The second-order valence-corrected chi connectivity index (χ2v) is 4.58. The van der Waals surface area contributed by atoms with Gasteiger partial charge in [0.2, 0.25) is 5.91 Å². The summed E-state index contributed by atoms with van der Waals surface area (Å²) in [6.07, 6.45) is 3.53. The van der Waals surface area contributed by atoms with Gasteiger partial charge in [-0.3, -0.25) is 9.59 Å². The first-order chi connectivity index (χ1) is 9.18. The highest BCUT2D eigenvalue weighted by atomic mass is 16.5. The Morgan fingerprint density at radius 1 is 1.26 bits per heavy atom. The minimum absolute atomic E-state index is 0.104. The van der Waals surface area contributed by atoms with E-state index in [0.29, 0.717) is 18.7 Å². The molecule has 1 saturated heterocycles. The minimum atomic E-state index is -0.531. The molecule has 2 N–H and O–H groups in total. The number of hydrogen-bond acceptors (Lipinski definition) is 3. The van der Waals surface area contributed by atoms with Crippen LogP contribution in [0.25, 0.3) is 0 Å². The fraction of sp³-hybridized carbons (Fsp3) is 0.429. The number of rotatable bonds is 4. The van der Waals surface area contributed by atoms with Gasteiger partial charge in [0.05, 0.1) is 5.69 Å². The average molecular weight is 262 g/mol. The lowest BCUT2D eigenvalue weighted by Gasteiger charge is -2.23. The lowest BCUT2D eigenvalue weighted by Crippen LogP contribution is -2.30. The molecule has 1 aliphatic rings.